The molecule has 1 amide bonds. The zero-order chi connectivity index (χ0) is 17.8. The monoisotopic (exact) mass is 372 g/mol. The topological polar surface area (TPSA) is 102 Å². The van der Waals surface area contributed by atoms with Crippen LogP contribution in [0.5, 0.6) is 11.5 Å². The van der Waals surface area contributed by atoms with Crippen molar-refractivity contribution in [1.29, 1.82) is 0 Å². The van der Waals surface area contributed by atoms with Crippen LogP contribution in [-0.2, 0) is 4.79 Å². The van der Waals surface area contributed by atoms with Crippen LogP contribution in [0.15, 0.2) is 52.2 Å². The first kappa shape index (κ1) is 16.5. The number of fused-ring (bicyclic) bond motifs is 1. The van der Waals surface area contributed by atoms with E-state index in [9.17, 15) is 4.79 Å². The Morgan fingerprint density at radius 3 is 2.96 bits per heavy atom. The maximum Gasteiger partial charge on any atom is 0.277 e. The molecule has 134 valence electrons. The van der Waals surface area contributed by atoms with E-state index in [-0.39, 0.29) is 17.8 Å². The van der Waals surface area contributed by atoms with Crippen molar-refractivity contribution in [3.63, 3.8) is 0 Å². The van der Waals surface area contributed by atoms with Crippen LogP contribution < -0.4 is 14.8 Å². The standard InChI is InChI=1S/C17H16N4O4S/c22-15(10-26-17-21-20-16(25-17)12-4-3-7-18-12)19-8-11-9-23-13-5-1-2-6-14(13)24-11/h1-7,11,18H,8-10H2,(H,19,22). The van der Waals surface area contributed by atoms with E-state index < -0.39 is 0 Å². The second-order valence-electron chi connectivity index (χ2n) is 5.55. The quantitative estimate of drug-likeness (QED) is 0.639. The van der Waals surface area contributed by atoms with Gasteiger partial charge in [0.2, 0.25) is 5.91 Å². The van der Waals surface area contributed by atoms with Gasteiger partial charge in [-0.2, -0.15) is 0 Å². The lowest BCUT2D eigenvalue weighted by Gasteiger charge is -2.26. The molecule has 0 spiro atoms. The summed E-state index contributed by atoms with van der Waals surface area (Å²) in [7, 11) is 0. The van der Waals surface area contributed by atoms with Crippen molar-refractivity contribution < 1.29 is 18.7 Å². The smallest absolute Gasteiger partial charge is 0.277 e. The van der Waals surface area contributed by atoms with Gasteiger partial charge in [0.15, 0.2) is 11.5 Å². The minimum absolute atomic E-state index is 0.142. The fourth-order valence-corrected chi connectivity index (χ4v) is 3.00. The lowest BCUT2D eigenvalue weighted by Crippen LogP contribution is -2.41. The molecule has 0 bridgehead atoms. The molecule has 26 heavy (non-hydrogen) atoms. The van der Waals surface area contributed by atoms with Gasteiger partial charge in [-0.1, -0.05) is 23.9 Å². The van der Waals surface area contributed by atoms with Crippen molar-refractivity contribution >= 4 is 17.7 Å². The number of benzene rings is 1. The highest BCUT2D eigenvalue weighted by molar-refractivity contribution is 7.99. The van der Waals surface area contributed by atoms with E-state index >= 15 is 0 Å². The summed E-state index contributed by atoms with van der Waals surface area (Å²) in [6, 6.07) is 11.1. The molecule has 1 atom stereocenters. The molecule has 3 heterocycles. The number of carbonyl (C=O) groups is 1. The molecule has 2 N–H and O–H groups in total. The minimum atomic E-state index is -0.221. The van der Waals surface area contributed by atoms with Crippen LogP contribution in [0.3, 0.4) is 0 Å². The summed E-state index contributed by atoms with van der Waals surface area (Å²) in [6.45, 7) is 0.763. The van der Waals surface area contributed by atoms with Gasteiger partial charge in [-0.05, 0) is 24.3 Å². The van der Waals surface area contributed by atoms with E-state index in [0.717, 1.165) is 11.4 Å². The third kappa shape index (κ3) is 3.83. The first-order valence-electron chi connectivity index (χ1n) is 8.03. The highest BCUT2D eigenvalue weighted by Gasteiger charge is 2.21. The Labute approximate surface area is 153 Å². The van der Waals surface area contributed by atoms with Crippen molar-refractivity contribution in [3.05, 3.63) is 42.6 Å². The van der Waals surface area contributed by atoms with E-state index in [1.54, 1.807) is 6.20 Å². The third-order valence-corrected chi connectivity index (χ3v) is 4.47. The van der Waals surface area contributed by atoms with Crippen LogP contribution in [0.4, 0.5) is 0 Å². The summed E-state index contributed by atoms with van der Waals surface area (Å²) in [6.07, 6.45) is 1.55. The summed E-state index contributed by atoms with van der Waals surface area (Å²) in [5, 5.41) is 11.0. The van der Waals surface area contributed by atoms with Gasteiger partial charge in [0.25, 0.3) is 11.1 Å². The SMILES string of the molecule is O=C(CSc1nnc(-c2ccc[nH]2)o1)NCC1COc2ccccc2O1. The normalized spacial score (nSPS) is 15.6. The maximum atomic E-state index is 12.0. The summed E-state index contributed by atoms with van der Waals surface area (Å²) < 4.78 is 16.9. The van der Waals surface area contributed by atoms with Crippen LogP contribution in [0.2, 0.25) is 0 Å². The lowest BCUT2D eigenvalue weighted by atomic mass is 10.2. The molecule has 1 aliphatic heterocycles. The number of thioether (sulfide) groups is 1. The molecule has 1 aliphatic rings. The van der Waals surface area contributed by atoms with Crippen LogP contribution in [-0.4, -0.2) is 46.1 Å². The Balaban J connectivity index is 1.23. The predicted molar refractivity (Wildman–Crippen MR) is 94.2 cm³/mol. The van der Waals surface area contributed by atoms with Crippen LogP contribution >= 0.6 is 11.8 Å². The molecule has 8 nitrogen and oxygen atoms in total. The average Bonchev–Trinajstić information content (AvgIpc) is 3.36. The highest BCUT2D eigenvalue weighted by Crippen LogP contribution is 2.30. The second-order valence-corrected chi connectivity index (χ2v) is 6.47. The van der Waals surface area contributed by atoms with Crippen molar-refractivity contribution in [2.75, 3.05) is 18.9 Å². The number of aromatic amines is 1. The van der Waals surface area contributed by atoms with Gasteiger partial charge < -0.3 is 24.2 Å². The molecule has 0 saturated carbocycles. The average molecular weight is 372 g/mol. The number of H-pyrrole nitrogens is 1. The van der Waals surface area contributed by atoms with Crippen molar-refractivity contribution in [1.82, 2.24) is 20.5 Å². The van der Waals surface area contributed by atoms with Gasteiger partial charge in [-0.3, -0.25) is 4.79 Å². The Morgan fingerprint density at radius 1 is 1.23 bits per heavy atom. The summed E-state index contributed by atoms with van der Waals surface area (Å²) in [4.78, 5) is 15.0. The van der Waals surface area contributed by atoms with Gasteiger partial charge in [0.05, 0.1) is 12.3 Å². The Kier molecular flexibility index (Phi) is 4.78. The number of rotatable bonds is 6. The summed E-state index contributed by atoms with van der Waals surface area (Å²) in [5.41, 5.74) is 0.739. The highest BCUT2D eigenvalue weighted by atomic mass is 32.2. The number of aromatic nitrogens is 3. The van der Waals surface area contributed by atoms with Crippen LogP contribution in [0.1, 0.15) is 0 Å². The fraction of sp³-hybridized carbons (Fsp3) is 0.235. The molecule has 3 aromatic rings. The molecule has 0 saturated heterocycles. The number of hydrogen-bond donors (Lipinski definition) is 2. The second kappa shape index (κ2) is 7.52. The summed E-state index contributed by atoms with van der Waals surface area (Å²) in [5.74, 6) is 1.84. The van der Waals surface area contributed by atoms with Gasteiger partial charge in [0, 0.05) is 6.20 Å². The predicted octanol–water partition coefficient (Wildman–Crippen LogP) is 2.11. The molecule has 4 rings (SSSR count). The molecule has 9 heteroatoms. The number of nitrogens with one attached hydrogen (secondary N) is 2. The van der Waals surface area contributed by atoms with E-state index in [4.69, 9.17) is 13.9 Å². The largest absolute Gasteiger partial charge is 0.486 e. The molecule has 1 aromatic carbocycles. The molecule has 0 radical (unpaired) electrons. The van der Waals surface area contributed by atoms with Gasteiger partial charge in [-0.25, -0.2) is 0 Å². The Hall–Kier alpha value is -2.94. The van der Waals surface area contributed by atoms with Gasteiger partial charge in [-0.15, -0.1) is 10.2 Å². The first-order valence-corrected chi connectivity index (χ1v) is 9.02. The van der Waals surface area contributed by atoms with E-state index in [1.165, 1.54) is 11.8 Å². The number of amides is 1. The number of nitrogens with zero attached hydrogens (tertiary/aromatic N) is 2. The minimum Gasteiger partial charge on any atom is -0.486 e. The van der Waals surface area contributed by atoms with Crippen LogP contribution in [0.25, 0.3) is 11.6 Å². The van der Waals surface area contributed by atoms with E-state index in [2.05, 4.69) is 20.5 Å². The lowest BCUT2D eigenvalue weighted by molar-refractivity contribution is -0.119. The molecular formula is C17H16N4O4S. The van der Waals surface area contributed by atoms with Crippen LogP contribution in [0, 0.1) is 0 Å². The Bertz CT molecular complexity index is 881. The van der Waals surface area contributed by atoms with Crippen molar-refractivity contribution in [2.24, 2.45) is 0 Å². The van der Waals surface area contributed by atoms with Gasteiger partial charge in [0.1, 0.15) is 18.4 Å². The maximum absolute atomic E-state index is 12.0. The van der Waals surface area contributed by atoms with Gasteiger partial charge >= 0.3 is 0 Å². The first-order chi connectivity index (χ1) is 12.8. The number of carbonyl (C=O) groups excluding carboxylic acids is 1. The number of hydrogen-bond acceptors (Lipinski definition) is 7. The van der Waals surface area contributed by atoms with Crippen molar-refractivity contribution in [2.45, 2.75) is 11.3 Å². The van der Waals surface area contributed by atoms with E-state index in [1.807, 2.05) is 36.4 Å². The molecular weight excluding hydrogens is 356 g/mol. The molecule has 0 aliphatic carbocycles. The summed E-state index contributed by atoms with van der Waals surface area (Å²) >= 11 is 1.18. The fourth-order valence-electron chi connectivity index (χ4n) is 2.41. The molecule has 1 unspecified atom stereocenters. The molecule has 0 fully saturated rings. The Morgan fingerprint density at radius 2 is 2.12 bits per heavy atom. The number of para-hydroxylation sites is 2. The third-order valence-electron chi connectivity index (χ3n) is 3.66. The zero-order valence-electron chi connectivity index (χ0n) is 13.7. The van der Waals surface area contributed by atoms with E-state index in [0.29, 0.717) is 30.0 Å². The number of ether oxygens (including phenoxy) is 2. The molecule has 2 aromatic heterocycles. The zero-order valence-corrected chi connectivity index (χ0v) is 14.5. The van der Waals surface area contributed by atoms with Crippen molar-refractivity contribution in [3.8, 4) is 23.1 Å².